The zero-order valence-corrected chi connectivity index (χ0v) is 12.1. The lowest BCUT2D eigenvalue weighted by Crippen LogP contribution is -2.38. The lowest BCUT2D eigenvalue weighted by atomic mass is 10.1. The molecule has 20 heavy (non-hydrogen) atoms. The highest BCUT2D eigenvalue weighted by atomic mass is 16.1. The van der Waals surface area contributed by atoms with Crippen LogP contribution in [-0.4, -0.2) is 36.5 Å². The second-order valence-corrected chi connectivity index (χ2v) is 5.57. The fourth-order valence-corrected chi connectivity index (χ4v) is 2.67. The van der Waals surface area contributed by atoms with E-state index in [0.717, 1.165) is 12.2 Å². The Morgan fingerprint density at radius 3 is 2.70 bits per heavy atom. The van der Waals surface area contributed by atoms with Crippen LogP contribution in [0.5, 0.6) is 0 Å². The number of benzene rings is 1. The van der Waals surface area contributed by atoms with Gasteiger partial charge in [0.2, 0.25) is 5.91 Å². The third-order valence-electron chi connectivity index (χ3n) is 3.72. The average Bonchev–Trinajstić information content (AvgIpc) is 2.42. The molecule has 110 valence electrons. The van der Waals surface area contributed by atoms with E-state index in [-0.39, 0.29) is 6.04 Å². The minimum atomic E-state index is -0.434. The van der Waals surface area contributed by atoms with E-state index in [0.29, 0.717) is 11.3 Å². The topological polar surface area (TPSA) is 84.4 Å². The Hall–Kier alpha value is -1.75. The SMILES string of the molecule is CC(CN1CCCCC1)Nc1cc(C(N)=O)ccc1N. The molecule has 0 spiro atoms. The highest BCUT2D eigenvalue weighted by Crippen LogP contribution is 2.21. The number of nitrogen functional groups attached to an aromatic ring is 1. The zero-order valence-electron chi connectivity index (χ0n) is 12.1. The van der Waals surface area contributed by atoms with E-state index in [1.54, 1.807) is 18.2 Å². The lowest BCUT2D eigenvalue weighted by molar-refractivity contribution is 0.100. The molecule has 1 aromatic carbocycles. The van der Waals surface area contributed by atoms with Crippen molar-refractivity contribution < 1.29 is 4.79 Å². The van der Waals surface area contributed by atoms with E-state index in [4.69, 9.17) is 11.5 Å². The molecule has 1 saturated heterocycles. The first-order valence-corrected chi connectivity index (χ1v) is 7.24. The van der Waals surface area contributed by atoms with Crippen LogP contribution in [0.2, 0.25) is 0 Å². The summed E-state index contributed by atoms with van der Waals surface area (Å²) in [4.78, 5) is 13.7. The highest BCUT2D eigenvalue weighted by Gasteiger charge is 2.14. The largest absolute Gasteiger partial charge is 0.397 e. The fourth-order valence-electron chi connectivity index (χ4n) is 2.67. The van der Waals surface area contributed by atoms with Crippen molar-refractivity contribution in [2.24, 2.45) is 5.73 Å². The number of piperidine rings is 1. The molecule has 0 aromatic heterocycles. The van der Waals surface area contributed by atoms with E-state index >= 15 is 0 Å². The van der Waals surface area contributed by atoms with Crippen LogP contribution in [0, 0.1) is 0 Å². The summed E-state index contributed by atoms with van der Waals surface area (Å²) in [6.07, 6.45) is 3.91. The Labute approximate surface area is 120 Å². The maximum absolute atomic E-state index is 11.2. The first-order valence-electron chi connectivity index (χ1n) is 7.24. The van der Waals surface area contributed by atoms with Crippen molar-refractivity contribution in [2.45, 2.75) is 32.2 Å². The van der Waals surface area contributed by atoms with Gasteiger partial charge in [-0.15, -0.1) is 0 Å². The second-order valence-electron chi connectivity index (χ2n) is 5.57. The summed E-state index contributed by atoms with van der Waals surface area (Å²) in [7, 11) is 0. The first kappa shape index (κ1) is 14.7. The predicted molar refractivity (Wildman–Crippen MR) is 82.7 cm³/mol. The third-order valence-corrected chi connectivity index (χ3v) is 3.72. The Balaban J connectivity index is 1.97. The standard InChI is InChI=1S/C15H24N4O/c1-11(10-19-7-3-2-4-8-19)18-14-9-12(15(17)20)5-6-13(14)16/h5-6,9,11,18H,2-4,7-8,10,16H2,1H3,(H2,17,20). The molecule has 1 heterocycles. The number of carbonyl (C=O) groups excluding carboxylic acids is 1. The Morgan fingerprint density at radius 1 is 1.35 bits per heavy atom. The van der Waals surface area contributed by atoms with Crippen LogP contribution in [0.1, 0.15) is 36.5 Å². The number of amides is 1. The van der Waals surface area contributed by atoms with E-state index in [1.165, 1.54) is 32.4 Å². The number of primary amides is 1. The summed E-state index contributed by atoms with van der Waals surface area (Å²) in [5, 5.41) is 3.38. The van der Waals surface area contributed by atoms with Gasteiger partial charge in [0.25, 0.3) is 0 Å². The quantitative estimate of drug-likeness (QED) is 0.714. The Kier molecular flexibility index (Phi) is 4.84. The number of carbonyl (C=O) groups is 1. The normalized spacial score (nSPS) is 17.6. The number of rotatable bonds is 5. The Morgan fingerprint density at radius 2 is 2.05 bits per heavy atom. The number of anilines is 2. The molecule has 2 rings (SSSR count). The summed E-state index contributed by atoms with van der Waals surface area (Å²) in [6.45, 7) is 5.46. The molecule has 5 N–H and O–H groups in total. The number of nitrogens with one attached hydrogen (secondary N) is 1. The monoisotopic (exact) mass is 276 g/mol. The van der Waals surface area contributed by atoms with Crippen molar-refractivity contribution in [1.82, 2.24) is 4.90 Å². The molecule has 0 bridgehead atoms. The average molecular weight is 276 g/mol. The smallest absolute Gasteiger partial charge is 0.248 e. The summed E-state index contributed by atoms with van der Waals surface area (Å²) < 4.78 is 0. The van der Waals surface area contributed by atoms with E-state index in [1.807, 2.05) is 0 Å². The molecule has 1 aliphatic heterocycles. The van der Waals surface area contributed by atoms with Gasteiger partial charge in [-0.1, -0.05) is 6.42 Å². The van der Waals surface area contributed by atoms with Crippen LogP contribution in [0.15, 0.2) is 18.2 Å². The molecule has 1 aromatic rings. The predicted octanol–water partition coefficient (Wildman–Crippen LogP) is 1.65. The number of hydrogen-bond donors (Lipinski definition) is 3. The minimum Gasteiger partial charge on any atom is -0.397 e. The molecule has 5 heteroatoms. The van der Waals surface area contributed by atoms with Gasteiger partial charge in [-0.2, -0.15) is 0 Å². The van der Waals surface area contributed by atoms with Gasteiger partial charge < -0.3 is 21.7 Å². The molecule has 1 fully saturated rings. The van der Waals surface area contributed by atoms with Crippen LogP contribution >= 0.6 is 0 Å². The van der Waals surface area contributed by atoms with Gasteiger partial charge >= 0.3 is 0 Å². The highest BCUT2D eigenvalue weighted by molar-refractivity contribution is 5.94. The molecule has 0 saturated carbocycles. The molecule has 1 atom stereocenters. The van der Waals surface area contributed by atoms with Crippen LogP contribution in [0.3, 0.4) is 0 Å². The van der Waals surface area contributed by atoms with Crippen molar-refractivity contribution in [2.75, 3.05) is 30.7 Å². The summed E-state index contributed by atoms with van der Waals surface area (Å²) in [5.41, 5.74) is 13.1. The van der Waals surface area contributed by atoms with Crippen molar-refractivity contribution in [3.8, 4) is 0 Å². The van der Waals surface area contributed by atoms with E-state index < -0.39 is 5.91 Å². The van der Waals surface area contributed by atoms with Crippen LogP contribution in [0.25, 0.3) is 0 Å². The maximum atomic E-state index is 11.2. The molecule has 5 nitrogen and oxygen atoms in total. The molecular weight excluding hydrogens is 252 g/mol. The van der Waals surface area contributed by atoms with Crippen molar-refractivity contribution >= 4 is 17.3 Å². The van der Waals surface area contributed by atoms with Gasteiger partial charge in [-0.3, -0.25) is 4.79 Å². The van der Waals surface area contributed by atoms with Crippen LogP contribution in [-0.2, 0) is 0 Å². The first-order chi connectivity index (χ1) is 9.56. The number of hydrogen-bond acceptors (Lipinski definition) is 4. The molecule has 0 radical (unpaired) electrons. The number of nitrogens with zero attached hydrogens (tertiary/aromatic N) is 1. The lowest BCUT2D eigenvalue weighted by Gasteiger charge is -2.30. The zero-order chi connectivity index (χ0) is 14.5. The summed E-state index contributed by atoms with van der Waals surface area (Å²) in [6, 6.07) is 5.37. The molecule has 1 amide bonds. The van der Waals surface area contributed by atoms with Crippen molar-refractivity contribution in [3.05, 3.63) is 23.8 Å². The van der Waals surface area contributed by atoms with Crippen LogP contribution < -0.4 is 16.8 Å². The number of likely N-dealkylation sites (tertiary alicyclic amines) is 1. The molecule has 1 aliphatic rings. The number of nitrogens with two attached hydrogens (primary N) is 2. The van der Waals surface area contributed by atoms with Gasteiger partial charge in [0.15, 0.2) is 0 Å². The fraction of sp³-hybridized carbons (Fsp3) is 0.533. The van der Waals surface area contributed by atoms with Gasteiger partial charge in [0.05, 0.1) is 11.4 Å². The van der Waals surface area contributed by atoms with Gasteiger partial charge in [0, 0.05) is 18.2 Å². The summed E-state index contributed by atoms with van der Waals surface area (Å²) >= 11 is 0. The van der Waals surface area contributed by atoms with Crippen LogP contribution in [0.4, 0.5) is 11.4 Å². The van der Waals surface area contributed by atoms with Gasteiger partial charge in [-0.05, 0) is 51.1 Å². The minimum absolute atomic E-state index is 0.276. The molecule has 0 aliphatic carbocycles. The van der Waals surface area contributed by atoms with E-state index in [2.05, 4.69) is 17.1 Å². The second kappa shape index (κ2) is 6.61. The van der Waals surface area contributed by atoms with Crippen molar-refractivity contribution in [1.29, 1.82) is 0 Å². The van der Waals surface area contributed by atoms with Gasteiger partial charge in [-0.25, -0.2) is 0 Å². The van der Waals surface area contributed by atoms with E-state index in [9.17, 15) is 4.79 Å². The third kappa shape index (κ3) is 3.87. The van der Waals surface area contributed by atoms with Gasteiger partial charge in [0.1, 0.15) is 0 Å². The molecular formula is C15H24N4O. The Bertz CT molecular complexity index is 469. The maximum Gasteiger partial charge on any atom is 0.248 e. The summed E-state index contributed by atoms with van der Waals surface area (Å²) in [5.74, 6) is -0.434. The van der Waals surface area contributed by atoms with Crippen molar-refractivity contribution in [3.63, 3.8) is 0 Å². The molecule has 1 unspecified atom stereocenters.